The first-order chi connectivity index (χ1) is 19.0. The molecule has 0 radical (unpaired) electrons. The lowest BCUT2D eigenvalue weighted by atomic mass is 9.95. The van der Waals surface area contributed by atoms with E-state index in [1.807, 2.05) is 36.4 Å². The molecule has 2 aliphatic rings. The van der Waals surface area contributed by atoms with Crippen molar-refractivity contribution in [1.82, 2.24) is 4.90 Å². The minimum absolute atomic E-state index is 0.0859. The van der Waals surface area contributed by atoms with E-state index in [1.54, 1.807) is 6.07 Å². The number of rotatable bonds is 4. The number of hydrogen-bond acceptors (Lipinski definition) is 4. The number of hydrogen-bond donors (Lipinski definition) is 0. The van der Waals surface area contributed by atoms with Crippen LogP contribution < -0.4 is 9.64 Å². The number of morpholine rings is 1. The average molecular weight is 565 g/mol. The molecular formula is C29H26F6N2O3. The number of amides is 1. The van der Waals surface area contributed by atoms with Crippen molar-refractivity contribution in [2.75, 3.05) is 44.4 Å². The quantitative estimate of drug-likeness (QED) is 0.333. The van der Waals surface area contributed by atoms with Gasteiger partial charge in [-0.15, -0.1) is 0 Å². The molecule has 0 bridgehead atoms. The Morgan fingerprint density at radius 3 is 2.05 bits per heavy atom. The molecule has 2 heterocycles. The number of nitrogens with zero attached hydrogens (tertiary/aromatic N) is 2. The SMILES string of the molecule is O=C1c2c(cc(N3CCOCC3)cc2-c2ccccc2)OCCCN1Cc1cc(C(F)(F)F)cc(C(F)(F)F)c1. The van der Waals surface area contributed by atoms with Gasteiger partial charge < -0.3 is 19.3 Å². The Kier molecular flexibility index (Phi) is 7.67. The molecule has 1 saturated heterocycles. The van der Waals surface area contributed by atoms with Crippen molar-refractivity contribution in [3.63, 3.8) is 0 Å². The summed E-state index contributed by atoms with van der Waals surface area (Å²) >= 11 is 0. The molecular weight excluding hydrogens is 538 g/mol. The highest BCUT2D eigenvalue weighted by molar-refractivity contribution is 6.04. The van der Waals surface area contributed by atoms with E-state index in [-0.39, 0.29) is 30.3 Å². The Morgan fingerprint density at radius 2 is 1.43 bits per heavy atom. The van der Waals surface area contributed by atoms with Gasteiger partial charge >= 0.3 is 12.4 Å². The molecule has 2 aliphatic heterocycles. The summed E-state index contributed by atoms with van der Waals surface area (Å²) < 4.78 is 92.2. The summed E-state index contributed by atoms with van der Waals surface area (Å²) in [7, 11) is 0. The first-order valence-corrected chi connectivity index (χ1v) is 12.8. The molecule has 11 heteroatoms. The summed E-state index contributed by atoms with van der Waals surface area (Å²) in [6, 6.07) is 14.2. The van der Waals surface area contributed by atoms with Crippen LogP contribution in [-0.4, -0.2) is 50.3 Å². The predicted octanol–water partition coefficient (Wildman–Crippen LogP) is 6.65. The molecule has 0 spiro atoms. The van der Waals surface area contributed by atoms with Crippen molar-refractivity contribution in [2.45, 2.75) is 25.3 Å². The first-order valence-electron chi connectivity index (χ1n) is 12.8. The minimum Gasteiger partial charge on any atom is -0.493 e. The molecule has 0 aliphatic carbocycles. The van der Waals surface area contributed by atoms with Crippen LogP contribution in [0.2, 0.25) is 0 Å². The standard InChI is InChI=1S/C29H26F6N2O3/c30-28(31,32)21-13-19(14-22(15-21)29(33,34)35)18-37-7-4-10-40-25-17-23(36-8-11-39-12-9-36)16-24(26(25)27(37)38)20-5-2-1-3-6-20/h1-3,5-6,13-17H,4,7-12,18H2. The molecule has 40 heavy (non-hydrogen) atoms. The van der Waals surface area contributed by atoms with Crippen molar-refractivity contribution in [3.05, 3.63) is 82.9 Å². The van der Waals surface area contributed by atoms with Crippen molar-refractivity contribution in [2.24, 2.45) is 0 Å². The lowest BCUT2D eigenvalue weighted by Gasteiger charge is -2.32. The summed E-state index contributed by atoms with van der Waals surface area (Å²) in [5, 5.41) is 0. The van der Waals surface area contributed by atoms with E-state index >= 15 is 0 Å². The predicted molar refractivity (Wildman–Crippen MR) is 136 cm³/mol. The van der Waals surface area contributed by atoms with Crippen LogP contribution in [0.15, 0.2) is 60.7 Å². The van der Waals surface area contributed by atoms with Gasteiger partial charge in [0, 0.05) is 43.5 Å². The molecule has 5 rings (SSSR count). The third-order valence-corrected chi connectivity index (χ3v) is 6.90. The number of fused-ring (bicyclic) bond motifs is 1. The second-order valence-electron chi connectivity index (χ2n) is 9.67. The van der Waals surface area contributed by atoms with Gasteiger partial charge in [-0.1, -0.05) is 30.3 Å². The molecule has 0 N–H and O–H groups in total. The second kappa shape index (κ2) is 11.0. The fraction of sp³-hybridized carbons (Fsp3) is 0.345. The molecule has 1 amide bonds. The maximum atomic E-state index is 14.0. The molecule has 0 unspecified atom stereocenters. The van der Waals surface area contributed by atoms with Crippen LogP contribution in [0.5, 0.6) is 5.75 Å². The molecule has 3 aromatic carbocycles. The Balaban J connectivity index is 1.58. The Morgan fingerprint density at radius 1 is 0.775 bits per heavy atom. The largest absolute Gasteiger partial charge is 0.493 e. The van der Waals surface area contributed by atoms with Gasteiger partial charge in [0.1, 0.15) is 5.75 Å². The van der Waals surface area contributed by atoms with Gasteiger partial charge in [-0.3, -0.25) is 4.79 Å². The number of carbonyl (C=O) groups excluding carboxylic acids is 1. The van der Waals surface area contributed by atoms with Crippen molar-refractivity contribution < 1.29 is 40.6 Å². The van der Waals surface area contributed by atoms with Gasteiger partial charge in [0.2, 0.25) is 0 Å². The smallest absolute Gasteiger partial charge is 0.416 e. The maximum Gasteiger partial charge on any atom is 0.416 e. The molecule has 0 saturated carbocycles. The van der Waals surface area contributed by atoms with Crippen LogP contribution in [0, 0.1) is 0 Å². The van der Waals surface area contributed by atoms with Crippen molar-refractivity contribution in [3.8, 4) is 16.9 Å². The fourth-order valence-electron chi connectivity index (χ4n) is 4.96. The van der Waals surface area contributed by atoms with E-state index in [0.29, 0.717) is 56.2 Å². The minimum atomic E-state index is -4.98. The number of carbonyl (C=O) groups is 1. The lowest BCUT2D eigenvalue weighted by Crippen LogP contribution is -2.37. The van der Waals surface area contributed by atoms with Gasteiger partial charge in [-0.2, -0.15) is 26.3 Å². The van der Waals surface area contributed by atoms with Crippen LogP contribution in [0.1, 0.15) is 33.5 Å². The third kappa shape index (κ3) is 6.04. The van der Waals surface area contributed by atoms with E-state index in [1.165, 1.54) is 4.90 Å². The van der Waals surface area contributed by atoms with E-state index in [4.69, 9.17) is 9.47 Å². The molecule has 3 aromatic rings. The Labute approximate surface area is 226 Å². The number of halogens is 6. The zero-order valence-electron chi connectivity index (χ0n) is 21.3. The van der Waals surface area contributed by atoms with Crippen LogP contribution >= 0.6 is 0 Å². The topological polar surface area (TPSA) is 42.0 Å². The van der Waals surface area contributed by atoms with Gasteiger partial charge in [0.25, 0.3) is 5.91 Å². The van der Waals surface area contributed by atoms with E-state index in [9.17, 15) is 31.1 Å². The van der Waals surface area contributed by atoms with Gasteiger partial charge in [-0.05, 0) is 41.8 Å². The summed E-state index contributed by atoms with van der Waals surface area (Å²) in [5.74, 6) is -0.217. The van der Waals surface area contributed by atoms with Gasteiger partial charge in [-0.25, -0.2) is 0 Å². The van der Waals surface area contributed by atoms with Crippen LogP contribution in [0.3, 0.4) is 0 Å². The molecule has 212 valence electrons. The van der Waals surface area contributed by atoms with Gasteiger partial charge in [0.05, 0.1) is 36.5 Å². The first kappa shape index (κ1) is 27.8. The van der Waals surface area contributed by atoms with Crippen molar-refractivity contribution >= 4 is 11.6 Å². The van der Waals surface area contributed by atoms with Crippen LogP contribution in [0.4, 0.5) is 32.0 Å². The third-order valence-electron chi connectivity index (χ3n) is 6.90. The zero-order chi connectivity index (χ0) is 28.5. The number of alkyl halides is 6. The number of ether oxygens (including phenoxy) is 2. The van der Waals surface area contributed by atoms with Crippen molar-refractivity contribution in [1.29, 1.82) is 0 Å². The molecule has 0 aromatic heterocycles. The monoisotopic (exact) mass is 564 g/mol. The lowest BCUT2D eigenvalue weighted by molar-refractivity contribution is -0.143. The van der Waals surface area contributed by atoms with Crippen LogP contribution in [-0.2, 0) is 23.6 Å². The van der Waals surface area contributed by atoms with Gasteiger partial charge in [0.15, 0.2) is 0 Å². The van der Waals surface area contributed by atoms with E-state index in [2.05, 4.69) is 4.90 Å². The summed E-state index contributed by atoms with van der Waals surface area (Å²) in [6.07, 6.45) is -9.61. The fourth-order valence-corrected chi connectivity index (χ4v) is 4.96. The number of benzene rings is 3. The maximum absolute atomic E-state index is 14.0. The van der Waals surface area contributed by atoms with Crippen LogP contribution in [0.25, 0.3) is 11.1 Å². The Hall–Kier alpha value is -3.73. The highest BCUT2D eigenvalue weighted by Gasteiger charge is 2.37. The highest BCUT2D eigenvalue weighted by Crippen LogP contribution is 2.40. The summed E-state index contributed by atoms with van der Waals surface area (Å²) in [5.41, 5.74) is -0.758. The molecule has 0 atom stereocenters. The highest BCUT2D eigenvalue weighted by atomic mass is 19.4. The zero-order valence-corrected chi connectivity index (χ0v) is 21.3. The average Bonchev–Trinajstić information content (AvgIpc) is 2.93. The summed E-state index contributed by atoms with van der Waals surface area (Å²) in [4.78, 5) is 17.4. The molecule has 1 fully saturated rings. The molecule has 5 nitrogen and oxygen atoms in total. The van der Waals surface area contributed by atoms with E-state index < -0.39 is 35.9 Å². The van der Waals surface area contributed by atoms with E-state index in [0.717, 1.165) is 11.3 Å². The second-order valence-corrected chi connectivity index (χ2v) is 9.67. The number of anilines is 1. The summed E-state index contributed by atoms with van der Waals surface area (Å²) in [6.45, 7) is 2.26. The Bertz CT molecular complexity index is 1340. The normalized spacial score (nSPS) is 16.7.